The van der Waals surface area contributed by atoms with E-state index in [1.165, 1.54) is 22.0 Å². The van der Waals surface area contributed by atoms with Gasteiger partial charge in [0, 0.05) is 17.2 Å². The van der Waals surface area contributed by atoms with Gasteiger partial charge in [-0.3, -0.25) is 0 Å². The summed E-state index contributed by atoms with van der Waals surface area (Å²) in [5.41, 5.74) is 1.32. The maximum absolute atomic E-state index is 4.86. The van der Waals surface area contributed by atoms with Crippen molar-refractivity contribution in [2.45, 2.75) is 65.0 Å². The Balaban J connectivity index is 2.67. The molecule has 0 atom stereocenters. The number of rotatable bonds is 9. The van der Waals surface area contributed by atoms with E-state index in [0.717, 1.165) is 25.3 Å². The van der Waals surface area contributed by atoms with Gasteiger partial charge in [0.2, 0.25) is 0 Å². The van der Waals surface area contributed by atoms with Crippen molar-refractivity contribution in [3.05, 3.63) is 15.6 Å². The first kappa shape index (κ1) is 17.0. The van der Waals surface area contributed by atoms with Crippen LogP contribution in [0.4, 0.5) is 0 Å². The van der Waals surface area contributed by atoms with E-state index in [1.54, 1.807) is 0 Å². The smallest absolute Gasteiger partial charge is 0.103 e. The van der Waals surface area contributed by atoms with Gasteiger partial charge < -0.3 is 5.32 Å². The Morgan fingerprint density at radius 1 is 1.26 bits per heavy atom. The molecule has 1 heterocycles. The van der Waals surface area contributed by atoms with Crippen LogP contribution in [0.5, 0.6) is 0 Å². The van der Waals surface area contributed by atoms with Crippen molar-refractivity contribution in [1.82, 2.24) is 10.3 Å². The normalized spacial score (nSPS) is 11.7. The molecule has 0 aliphatic heterocycles. The number of thiazole rings is 1. The van der Waals surface area contributed by atoms with Gasteiger partial charge in [-0.25, -0.2) is 4.98 Å². The summed E-state index contributed by atoms with van der Waals surface area (Å²) in [7, 11) is 0. The van der Waals surface area contributed by atoms with Gasteiger partial charge in [-0.05, 0) is 30.6 Å². The first-order valence-electron chi connectivity index (χ1n) is 7.32. The van der Waals surface area contributed by atoms with Crippen LogP contribution in [-0.2, 0) is 18.7 Å². The van der Waals surface area contributed by atoms with Crippen LogP contribution in [-0.4, -0.2) is 16.8 Å². The molecule has 2 nitrogen and oxygen atoms in total. The highest BCUT2D eigenvalue weighted by Crippen LogP contribution is 2.26. The second-order valence-electron chi connectivity index (χ2n) is 5.61. The third kappa shape index (κ3) is 6.77. The number of nitrogens with zero attached hydrogens (tertiary/aromatic N) is 1. The topological polar surface area (TPSA) is 24.9 Å². The molecule has 0 fully saturated rings. The molecule has 0 aliphatic carbocycles. The summed E-state index contributed by atoms with van der Waals surface area (Å²) in [5, 5.41) is 5.48. The first-order chi connectivity index (χ1) is 9.02. The van der Waals surface area contributed by atoms with E-state index in [2.05, 4.69) is 39.9 Å². The summed E-state index contributed by atoms with van der Waals surface area (Å²) in [6.45, 7) is 13.3. The molecule has 0 bridgehead atoms. The van der Waals surface area contributed by atoms with E-state index >= 15 is 0 Å². The van der Waals surface area contributed by atoms with Crippen molar-refractivity contribution in [2.24, 2.45) is 5.92 Å². The van der Waals surface area contributed by atoms with Gasteiger partial charge in [-0.1, -0.05) is 34.6 Å². The van der Waals surface area contributed by atoms with Crippen LogP contribution in [0.25, 0.3) is 0 Å². The number of hydrogen-bond acceptors (Lipinski definition) is 4. The van der Waals surface area contributed by atoms with Gasteiger partial charge >= 0.3 is 0 Å². The molecular formula is C15H28N2S2. The van der Waals surface area contributed by atoms with Crippen LogP contribution in [0.2, 0.25) is 0 Å². The Morgan fingerprint density at radius 2 is 2.00 bits per heavy atom. The summed E-state index contributed by atoms with van der Waals surface area (Å²) >= 11 is 3.88. The molecule has 1 rings (SSSR count). The summed E-state index contributed by atoms with van der Waals surface area (Å²) < 4.78 is 0. The predicted octanol–water partition coefficient (Wildman–Crippen LogP) is 4.48. The van der Waals surface area contributed by atoms with E-state index in [4.69, 9.17) is 4.98 Å². The molecule has 0 saturated heterocycles. The second kappa shape index (κ2) is 8.98. The Hall–Kier alpha value is -0.0600. The first-order valence-corrected chi connectivity index (χ1v) is 9.19. The lowest BCUT2D eigenvalue weighted by atomic mass is 10.1. The molecule has 1 N–H and O–H groups in total. The average Bonchev–Trinajstić information content (AvgIpc) is 2.69. The molecule has 0 radical (unpaired) electrons. The highest BCUT2D eigenvalue weighted by atomic mass is 32.2. The maximum Gasteiger partial charge on any atom is 0.103 e. The molecule has 0 saturated carbocycles. The molecule has 0 amide bonds. The van der Waals surface area contributed by atoms with Gasteiger partial charge in [0.25, 0.3) is 0 Å². The number of aromatic nitrogens is 1. The van der Waals surface area contributed by atoms with Gasteiger partial charge in [-0.15, -0.1) is 11.3 Å². The van der Waals surface area contributed by atoms with Crippen molar-refractivity contribution in [2.75, 3.05) is 6.54 Å². The molecule has 0 spiro atoms. The minimum atomic E-state index is 0.678. The SMILES string of the molecule is CCCNCc1sc(CSC(C)C)nc1CC(C)C. The maximum atomic E-state index is 4.86. The largest absolute Gasteiger partial charge is 0.312 e. The van der Waals surface area contributed by atoms with Crippen LogP contribution < -0.4 is 5.32 Å². The number of nitrogens with one attached hydrogen (secondary N) is 1. The van der Waals surface area contributed by atoms with Crippen molar-refractivity contribution < 1.29 is 0 Å². The fourth-order valence-corrected chi connectivity index (χ4v) is 3.64. The Labute approximate surface area is 126 Å². The highest BCUT2D eigenvalue weighted by Gasteiger charge is 2.12. The molecule has 4 heteroatoms. The molecule has 1 aromatic rings. The summed E-state index contributed by atoms with van der Waals surface area (Å²) in [6.07, 6.45) is 2.29. The zero-order chi connectivity index (χ0) is 14.3. The minimum Gasteiger partial charge on any atom is -0.312 e. The molecule has 19 heavy (non-hydrogen) atoms. The van der Waals surface area contributed by atoms with Crippen molar-refractivity contribution in [1.29, 1.82) is 0 Å². The van der Waals surface area contributed by atoms with Crippen LogP contribution in [0.1, 0.15) is 56.6 Å². The fraction of sp³-hybridized carbons (Fsp3) is 0.800. The zero-order valence-electron chi connectivity index (χ0n) is 13.0. The zero-order valence-corrected chi connectivity index (χ0v) is 14.6. The Morgan fingerprint density at radius 3 is 2.58 bits per heavy atom. The Kier molecular flexibility index (Phi) is 8.03. The van der Waals surface area contributed by atoms with Crippen LogP contribution in [0.15, 0.2) is 0 Å². The number of hydrogen-bond donors (Lipinski definition) is 1. The van der Waals surface area contributed by atoms with E-state index < -0.39 is 0 Å². The van der Waals surface area contributed by atoms with E-state index in [1.807, 2.05) is 23.1 Å². The quantitative estimate of drug-likeness (QED) is 0.681. The Bertz CT molecular complexity index is 359. The van der Waals surface area contributed by atoms with Crippen molar-refractivity contribution in [3.8, 4) is 0 Å². The molecular weight excluding hydrogens is 272 g/mol. The van der Waals surface area contributed by atoms with E-state index in [0.29, 0.717) is 11.2 Å². The van der Waals surface area contributed by atoms with Gasteiger partial charge in [0.15, 0.2) is 0 Å². The third-order valence-electron chi connectivity index (χ3n) is 2.68. The fourth-order valence-electron chi connectivity index (χ4n) is 1.80. The third-order valence-corrected chi connectivity index (χ3v) is 5.06. The molecule has 0 unspecified atom stereocenters. The summed E-state index contributed by atoms with van der Waals surface area (Å²) in [5.74, 6) is 1.74. The van der Waals surface area contributed by atoms with Crippen LogP contribution >= 0.6 is 23.1 Å². The lowest BCUT2D eigenvalue weighted by Crippen LogP contribution is -2.14. The monoisotopic (exact) mass is 300 g/mol. The highest BCUT2D eigenvalue weighted by molar-refractivity contribution is 7.99. The van der Waals surface area contributed by atoms with Crippen molar-refractivity contribution >= 4 is 23.1 Å². The lowest BCUT2D eigenvalue weighted by molar-refractivity contribution is 0.622. The summed E-state index contributed by atoms with van der Waals surface area (Å²) in [6, 6.07) is 0. The van der Waals surface area contributed by atoms with Crippen molar-refractivity contribution in [3.63, 3.8) is 0 Å². The second-order valence-corrected chi connectivity index (χ2v) is 8.34. The van der Waals surface area contributed by atoms with Gasteiger partial charge in [-0.2, -0.15) is 11.8 Å². The molecule has 0 aromatic carbocycles. The minimum absolute atomic E-state index is 0.678. The lowest BCUT2D eigenvalue weighted by Gasteiger charge is -2.05. The van der Waals surface area contributed by atoms with E-state index in [9.17, 15) is 0 Å². The van der Waals surface area contributed by atoms with Gasteiger partial charge in [0.1, 0.15) is 5.01 Å². The van der Waals surface area contributed by atoms with Gasteiger partial charge in [0.05, 0.1) is 5.69 Å². The summed E-state index contributed by atoms with van der Waals surface area (Å²) in [4.78, 5) is 6.30. The average molecular weight is 301 g/mol. The molecule has 110 valence electrons. The number of thioether (sulfide) groups is 1. The van der Waals surface area contributed by atoms with Crippen LogP contribution in [0, 0.1) is 5.92 Å². The standard InChI is InChI=1S/C15H28N2S2/c1-6-7-16-9-14-13(8-11(2)3)17-15(19-14)10-18-12(4)5/h11-12,16H,6-10H2,1-5H3. The molecule has 1 aromatic heterocycles. The molecule has 0 aliphatic rings. The van der Waals surface area contributed by atoms with Crippen LogP contribution in [0.3, 0.4) is 0 Å². The predicted molar refractivity (Wildman–Crippen MR) is 89.1 cm³/mol. The van der Waals surface area contributed by atoms with E-state index in [-0.39, 0.29) is 0 Å².